The van der Waals surface area contributed by atoms with Crippen LogP contribution < -0.4 is 15.1 Å². The van der Waals surface area contributed by atoms with Gasteiger partial charge in [0.05, 0.1) is 19.9 Å². The Balaban J connectivity index is 1.68. The van der Waals surface area contributed by atoms with Crippen molar-refractivity contribution in [1.82, 2.24) is 10.1 Å². The van der Waals surface area contributed by atoms with E-state index >= 15 is 0 Å². The van der Waals surface area contributed by atoms with E-state index in [4.69, 9.17) is 5.10 Å². The van der Waals surface area contributed by atoms with E-state index in [0.717, 1.165) is 14.2 Å². The quantitative estimate of drug-likeness (QED) is 0.308. The SMILES string of the molecule is CC(=O)N1c2ccccc2-c2c(=O)[nH]c(SCc3ccccc3)n[n+]2[C@@H]1c1ccc(Br)s1. The van der Waals surface area contributed by atoms with Crippen molar-refractivity contribution in [1.29, 1.82) is 0 Å². The van der Waals surface area contributed by atoms with Crippen LogP contribution in [0, 0.1) is 0 Å². The Morgan fingerprint density at radius 2 is 1.91 bits per heavy atom. The van der Waals surface area contributed by atoms with E-state index in [2.05, 4.69) is 20.9 Å². The van der Waals surface area contributed by atoms with Crippen LogP contribution in [-0.2, 0) is 10.5 Å². The summed E-state index contributed by atoms with van der Waals surface area (Å²) in [6, 6.07) is 21.4. The highest BCUT2D eigenvalue weighted by Crippen LogP contribution is 2.39. The number of carbonyl (C=O) groups is 1. The van der Waals surface area contributed by atoms with Gasteiger partial charge in [0, 0.05) is 17.8 Å². The summed E-state index contributed by atoms with van der Waals surface area (Å²) in [6.45, 7) is 1.54. The molecule has 0 saturated carbocycles. The molecular weight excluding hydrogens is 508 g/mol. The molecule has 1 aliphatic heterocycles. The molecule has 2 aromatic heterocycles. The molecular formula is C23H18BrN4O2S2+. The molecule has 0 radical (unpaired) electrons. The van der Waals surface area contributed by atoms with Gasteiger partial charge in [-0.1, -0.05) is 54.2 Å². The van der Waals surface area contributed by atoms with Gasteiger partial charge in [-0.25, -0.2) is 4.90 Å². The van der Waals surface area contributed by atoms with Gasteiger partial charge in [-0.15, -0.1) is 11.3 Å². The van der Waals surface area contributed by atoms with Crippen LogP contribution in [0.15, 0.2) is 80.5 Å². The number of fused-ring (bicyclic) bond motifs is 3. The Kier molecular flexibility index (Phi) is 5.71. The zero-order chi connectivity index (χ0) is 22.2. The van der Waals surface area contributed by atoms with Crippen LogP contribution in [-0.4, -0.2) is 16.0 Å². The topological polar surface area (TPSA) is 69.9 Å². The van der Waals surface area contributed by atoms with Crippen molar-refractivity contribution in [3.8, 4) is 11.3 Å². The molecule has 0 saturated heterocycles. The molecule has 5 rings (SSSR count). The van der Waals surface area contributed by atoms with Crippen LogP contribution in [0.4, 0.5) is 5.69 Å². The third kappa shape index (κ3) is 3.80. The number of H-pyrrole nitrogens is 1. The average molecular weight is 526 g/mol. The fourth-order valence-corrected chi connectivity index (χ4v) is 6.14. The number of anilines is 1. The predicted molar refractivity (Wildman–Crippen MR) is 130 cm³/mol. The monoisotopic (exact) mass is 525 g/mol. The third-order valence-corrected chi connectivity index (χ3v) is 7.76. The second-order valence-corrected chi connectivity index (χ2v) is 10.7. The summed E-state index contributed by atoms with van der Waals surface area (Å²) >= 11 is 6.50. The maximum atomic E-state index is 13.3. The van der Waals surface area contributed by atoms with E-state index < -0.39 is 6.17 Å². The first kappa shape index (κ1) is 21.1. The summed E-state index contributed by atoms with van der Waals surface area (Å²) in [5.74, 6) is 0.552. The van der Waals surface area contributed by atoms with Crippen LogP contribution in [0.2, 0.25) is 0 Å². The number of nitrogens with zero attached hydrogens (tertiary/aromatic N) is 3. The number of thioether (sulfide) groups is 1. The van der Waals surface area contributed by atoms with Gasteiger partial charge in [-0.2, -0.15) is 0 Å². The van der Waals surface area contributed by atoms with Crippen LogP contribution in [0.1, 0.15) is 23.5 Å². The van der Waals surface area contributed by atoms with Gasteiger partial charge in [0.25, 0.3) is 0 Å². The van der Waals surface area contributed by atoms with Crippen LogP contribution in [0.25, 0.3) is 11.3 Å². The first-order valence-corrected chi connectivity index (χ1v) is 12.5. The Morgan fingerprint density at radius 1 is 1.16 bits per heavy atom. The number of hydrogen-bond donors (Lipinski definition) is 1. The van der Waals surface area contributed by atoms with Gasteiger partial charge < -0.3 is 0 Å². The summed E-state index contributed by atoms with van der Waals surface area (Å²) < 4.78 is 2.63. The molecule has 0 unspecified atom stereocenters. The van der Waals surface area contributed by atoms with E-state index in [9.17, 15) is 9.59 Å². The van der Waals surface area contributed by atoms with Crippen molar-refractivity contribution in [3.63, 3.8) is 0 Å². The Labute approximate surface area is 201 Å². The fraction of sp³-hybridized carbons (Fsp3) is 0.130. The van der Waals surface area contributed by atoms with Gasteiger partial charge >= 0.3 is 17.4 Å². The van der Waals surface area contributed by atoms with Crippen molar-refractivity contribution >= 4 is 50.6 Å². The zero-order valence-electron chi connectivity index (χ0n) is 17.0. The molecule has 160 valence electrons. The summed E-state index contributed by atoms with van der Waals surface area (Å²) in [5.41, 5.74) is 2.73. The Morgan fingerprint density at radius 3 is 2.62 bits per heavy atom. The number of aromatic nitrogens is 3. The average Bonchev–Trinajstić information content (AvgIpc) is 3.22. The van der Waals surface area contributed by atoms with Crippen LogP contribution in [0.5, 0.6) is 0 Å². The minimum Gasteiger partial charge on any atom is -0.291 e. The number of carbonyl (C=O) groups excluding carboxylic acids is 1. The normalized spacial score (nSPS) is 14.7. The fourth-order valence-electron chi connectivity index (χ4n) is 3.83. The molecule has 0 aliphatic carbocycles. The third-order valence-electron chi connectivity index (χ3n) is 5.16. The van der Waals surface area contributed by atoms with E-state index in [1.807, 2.05) is 66.7 Å². The molecule has 32 heavy (non-hydrogen) atoms. The summed E-state index contributed by atoms with van der Waals surface area (Å²) in [5, 5.41) is 5.31. The standard InChI is InChI=1S/C23H17BrN4O2S2/c1-14(29)27-17-10-6-5-9-16(17)20-21(30)25-23(31-13-15-7-3-2-4-8-15)26-28(20)22(27)18-11-12-19(24)32-18/h2-12,22H,13H2,1H3/p+1/t22-/m1/s1. The number of nitrogens with one attached hydrogen (secondary N) is 1. The second kappa shape index (κ2) is 8.65. The summed E-state index contributed by atoms with van der Waals surface area (Å²) in [4.78, 5) is 31.7. The number of halogens is 1. The highest BCUT2D eigenvalue weighted by Gasteiger charge is 2.45. The molecule has 1 amide bonds. The van der Waals surface area contributed by atoms with Gasteiger partial charge in [-0.3, -0.25) is 14.6 Å². The van der Waals surface area contributed by atoms with Crippen molar-refractivity contribution in [3.05, 3.63) is 91.3 Å². The highest BCUT2D eigenvalue weighted by molar-refractivity contribution is 9.11. The van der Waals surface area contributed by atoms with E-state index in [1.54, 1.807) is 9.58 Å². The summed E-state index contributed by atoms with van der Waals surface area (Å²) in [6.07, 6.45) is -0.549. The predicted octanol–water partition coefficient (Wildman–Crippen LogP) is 4.75. The maximum Gasteiger partial charge on any atom is 0.325 e. The number of hydrogen-bond acceptors (Lipinski definition) is 5. The maximum absolute atomic E-state index is 13.3. The first-order chi connectivity index (χ1) is 15.5. The van der Waals surface area contributed by atoms with Crippen molar-refractivity contribution in [2.24, 2.45) is 0 Å². The van der Waals surface area contributed by atoms with Gasteiger partial charge in [0.15, 0.2) is 0 Å². The number of para-hydroxylation sites is 1. The number of amides is 1. The van der Waals surface area contributed by atoms with E-state index in [1.165, 1.54) is 30.0 Å². The summed E-state index contributed by atoms with van der Waals surface area (Å²) in [7, 11) is 0. The van der Waals surface area contributed by atoms with Crippen LogP contribution in [0.3, 0.4) is 0 Å². The molecule has 0 fully saturated rings. The Bertz CT molecular complexity index is 1370. The molecule has 1 N–H and O–H groups in total. The van der Waals surface area contributed by atoms with Crippen molar-refractivity contribution < 1.29 is 9.48 Å². The molecule has 4 aromatic rings. The lowest BCUT2D eigenvalue weighted by molar-refractivity contribution is -0.762. The van der Waals surface area contributed by atoms with E-state index in [0.29, 0.717) is 27.9 Å². The largest absolute Gasteiger partial charge is 0.325 e. The number of thiophene rings is 1. The van der Waals surface area contributed by atoms with Crippen molar-refractivity contribution in [2.75, 3.05) is 4.90 Å². The molecule has 2 aromatic carbocycles. The second-order valence-electron chi connectivity index (χ2n) is 7.25. The molecule has 1 atom stereocenters. The Hall–Kier alpha value is -2.75. The number of aromatic amines is 1. The molecule has 9 heteroatoms. The lowest BCUT2D eigenvalue weighted by Gasteiger charge is -2.30. The molecule has 3 heterocycles. The van der Waals surface area contributed by atoms with Gasteiger partial charge in [0.2, 0.25) is 11.1 Å². The molecule has 0 bridgehead atoms. The number of benzene rings is 2. The van der Waals surface area contributed by atoms with E-state index in [-0.39, 0.29) is 11.5 Å². The minimum atomic E-state index is -0.549. The molecule has 1 aliphatic rings. The van der Waals surface area contributed by atoms with Crippen molar-refractivity contribution in [2.45, 2.75) is 24.0 Å². The smallest absolute Gasteiger partial charge is 0.291 e. The molecule has 6 nitrogen and oxygen atoms in total. The first-order valence-electron chi connectivity index (χ1n) is 9.90. The van der Waals surface area contributed by atoms with Gasteiger partial charge in [-0.05, 0) is 50.4 Å². The highest BCUT2D eigenvalue weighted by atomic mass is 79.9. The lowest BCUT2D eigenvalue weighted by Crippen LogP contribution is -2.60. The van der Waals surface area contributed by atoms with Gasteiger partial charge in [0.1, 0.15) is 0 Å². The minimum absolute atomic E-state index is 0.120. The zero-order valence-corrected chi connectivity index (χ0v) is 20.2. The lowest BCUT2D eigenvalue weighted by atomic mass is 10.0. The molecule has 0 spiro atoms. The van der Waals surface area contributed by atoms with Crippen LogP contribution >= 0.6 is 39.0 Å². The number of rotatable bonds is 4.